The van der Waals surface area contributed by atoms with Crippen LogP contribution in [0.25, 0.3) is 16.3 Å². The van der Waals surface area contributed by atoms with Crippen LogP contribution in [0.3, 0.4) is 0 Å². The number of benzene rings is 2. The van der Waals surface area contributed by atoms with Crippen LogP contribution >= 0.6 is 11.3 Å². The molecule has 0 saturated carbocycles. The standard InChI is InChI=1S/C20H20N2O2S/c1-15-6-5-7-16(14-15)24-13-12-22(2)20(23)11-10-19-21-17-8-3-4-9-18(17)25-19/h3-11,14H,12-13H2,1-2H3/b11-10+. The minimum atomic E-state index is -0.0629. The predicted molar refractivity (Wildman–Crippen MR) is 103 cm³/mol. The number of fused-ring (bicyclic) bond motifs is 1. The highest BCUT2D eigenvalue weighted by Crippen LogP contribution is 2.22. The number of thiazole rings is 1. The van der Waals surface area contributed by atoms with E-state index in [2.05, 4.69) is 4.98 Å². The molecule has 128 valence electrons. The van der Waals surface area contributed by atoms with Crippen LogP contribution < -0.4 is 4.74 Å². The van der Waals surface area contributed by atoms with Crippen molar-refractivity contribution >= 4 is 33.5 Å². The highest BCUT2D eigenvalue weighted by Gasteiger charge is 2.06. The van der Waals surface area contributed by atoms with Crippen molar-refractivity contribution in [3.63, 3.8) is 0 Å². The second-order valence-corrected chi connectivity index (χ2v) is 6.84. The number of likely N-dealkylation sites (N-methyl/N-ethyl adjacent to an activating group) is 1. The fourth-order valence-electron chi connectivity index (χ4n) is 2.35. The maximum atomic E-state index is 12.2. The lowest BCUT2D eigenvalue weighted by molar-refractivity contribution is -0.125. The molecule has 0 aliphatic heterocycles. The second-order valence-electron chi connectivity index (χ2n) is 5.78. The molecule has 2 aromatic carbocycles. The molecule has 25 heavy (non-hydrogen) atoms. The van der Waals surface area contributed by atoms with Crippen molar-refractivity contribution in [2.75, 3.05) is 20.2 Å². The van der Waals surface area contributed by atoms with E-state index in [1.165, 1.54) is 0 Å². The van der Waals surface area contributed by atoms with Crippen molar-refractivity contribution < 1.29 is 9.53 Å². The molecule has 0 spiro atoms. The molecule has 3 rings (SSSR count). The highest BCUT2D eigenvalue weighted by atomic mass is 32.1. The summed E-state index contributed by atoms with van der Waals surface area (Å²) < 4.78 is 6.80. The van der Waals surface area contributed by atoms with Gasteiger partial charge in [-0.25, -0.2) is 4.98 Å². The Kier molecular flexibility index (Phi) is 5.46. The Balaban J connectivity index is 1.51. The van der Waals surface area contributed by atoms with Crippen molar-refractivity contribution in [1.82, 2.24) is 9.88 Å². The van der Waals surface area contributed by atoms with Crippen LogP contribution in [0.15, 0.2) is 54.6 Å². The normalized spacial score (nSPS) is 11.1. The molecule has 0 radical (unpaired) electrons. The molecule has 1 aromatic heterocycles. The van der Waals surface area contributed by atoms with E-state index in [-0.39, 0.29) is 5.91 Å². The molecule has 0 fully saturated rings. The van der Waals surface area contributed by atoms with Crippen LogP contribution in [0.1, 0.15) is 10.6 Å². The van der Waals surface area contributed by atoms with E-state index in [0.29, 0.717) is 13.2 Å². The molecule has 0 aliphatic carbocycles. The van der Waals surface area contributed by atoms with Crippen molar-refractivity contribution in [1.29, 1.82) is 0 Å². The van der Waals surface area contributed by atoms with Gasteiger partial charge in [-0.2, -0.15) is 0 Å². The third-order valence-corrected chi connectivity index (χ3v) is 4.74. The minimum absolute atomic E-state index is 0.0629. The third-order valence-electron chi connectivity index (χ3n) is 3.74. The van der Waals surface area contributed by atoms with Crippen LogP contribution in [0.2, 0.25) is 0 Å². The Morgan fingerprint density at radius 3 is 2.88 bits per heavy atom. The van der Waals surface area contributed by atoms with Gasteiger partial charge in [0.25, 0.3) is 0 Å². The molecule has 0 saturated heterocycles. The molecule has 0 unspecified atom stereocenters. The van der Waals surface area contributed by atoms with Gasteiger partial charge in [0.05, 0.1) is 16.8 Å². The summed E-state index contributed by atoms with van der Waals surface area (Å²) in [5.74, 6) is 0.762. The first kappa shape index (κ1) is 17.2. The average Bonchev–Trinajstić information content (AvgIpc) is 3.02. The lowest BCUT2D eigenvalue weighted by Gasteiger charge is -2.15. The Hall–Kier alpha value is -2.66. The van der Waals surface area contributed by atoms with E-state index in [1.54, 1.807) is 35.4 Å². The average molecular weight is 352 g/mol. The summed E-state index contributed by atoms with van der Waals surface area (Å²) in [6.45, 7) is 3.01. The summed E-state index contributed by atoms with van der Waals surface area (Å²) >= 11 is 1.57. The second kappa shape index (κ2) is 7.94. The lowest BCUT2D eigenvalue weighted by Crippen LogP contribution is -2.29. The predicted octanol–water partition coefficient (Wildman–Crippen LogP) is 4.16. The zero-order valence-electron chi connectivity index (χ0n) is 14.3. The number of ether oxygens (including phenoxy) is 1. The van der Waals surface area contributed by atoms with Crippen molar-refractivity contribution in [2.24, 2.45) is 0 Å². The number of aromatic nitrogens is 1. The summed E-state index contributed by atoms with van der Waals surface area (Å²) in [5.41, 5.74) is 2.11. The number of hydrogen-bond donors (Lipinski definition) is 0. The van der Waals surface area contributed by atoms with Gasteiger partial charge in [-0.1, -0.05) is 24.3 Å². The summed E-state index contributed by atoms with van der Waals surface area (Å²) in [7, 11) is 1.77. The van der Waals surface area contributed by atoms with Crippen LogP contribution in [0.4, 0.5) is 0 Å². The molecular formula is C20H20N2O2S. The van der Waals surface area contributed by atoms with Gasteiger partial charge in [-0.3, -0.25) is 4.79 Å². The maximum absolute atomic E-state index is 12.2. The topological polar surface area (TPSA) is 42.4 Å². The van der Waals surface area contributed by atoms with Crippen molar-refractivity contribution in [3.8, 4) is 5.75 Å². The van der Waals surface area contributed by atoms with Crippen molar-refractivity contribution in [2.45, 2.75) is 6.92 Å². The Morgan fingerprint density at radius 2 is 2.08 bits per heavy atom. The fraction of sp³-hybridized carbons (Fsp3) is 0.200. The van der Waals surface area contributed by atoms with E-state index >= 15 is 0 Å². The first-order valence-corrected chi connectivity index (χ1v) is 8.92. The quantitative estimate of drug-likeness (QED) is 0.626. The molecule has 1 amide bonds. The number of para-hydroxylation sites is 1. The minimum Gasteiger partial charge on any atom is -0.492 e. The Morgan fingerprint density at radius 1 is 1.24 bits per heavy atom. The van der Waals surface area contributed by atoms with Gasteiger partial charge >= 0.3 is 0 Å². The van der Waals surface area contributed by atoms with Gasteiger partial charge in [-0.05, 0) is 42.8 Å². The van der Waals surface area contributed by atoms with Crippen LogP contribution in [-0.4, -0.2) is 36.0 Å². The van der Waals surface area contributed by atoms with Gasteiger partial charge in [0, 0.05) is 13.1 Å². The molecule has 0 bridgehead atoms. The van der Waals surface area contributed by atoms with E-state index in [0.717, 1.165) is 26.5 Å². The van der Waals surface area contributed by atoms with Crippen LogP contribution in [-0.2, 0) is 4.79 Å². The van der Waals surface area contributed by atoms with Gasteiger partial charge < -0.3 is 9.64 Å². The van der Waals surface area contributed by atoms with Gasteiger partial charge in [-0.15, -0.1) is 11.3 Å². The first-order valence-electron chi connectivity index (χ1n) is 8.10. The maximum Gasteiger partial charge on any atom is 0.246 e. The smallest absolute Gasteiger partial charge is 0.246 e. The molecule has 0 N–H and O–H groups in total. The SMILES string of the molecule is Cc1cccc(OCCN(C)C(=O)/C=C/c2nc3ccccc3s2)c1. The summed E-state index contributed by atoms with van der Waals surface area (Å²) in [4.78, 5) is 18.3. The number of rotatable bonds is 6. The van der Waals surface area contributed by atoms with Crippen molar-refractivity contribution in [3.05, 3.63) is 65.2 Å². The summed E-state index contributed by atoms with van der Waals surface area (Å²) in [5, 5.41) is 0.832. The molecule has 0 aliphatic rings. The van der Waals surface area contributed by atoms with E-state index < -0.39 is 0 Å². The van der Waals surface area contributed by atoms with E-state index in [4.69, 9.17) is 4.74 Å². The summed E-state index contributed by atoms with van der Waals surface area (Å²) in [6, 6.07) is 15.8. The number of carbonyl (C=O) groups excluding carboxylic acids is 1. The number of hydrogen-bond acceptors (Lipinski definition) is 4. The summed E-state index contributed by atoms with van der Waals surface area (Å²) in [6.07, 6.45) is 3.33. The first-order chi connectivity index (χ1) is 12.1. The lowest BCUT2D eigenvalue weighted by atomic mass is 10.2. The Labute approximate surface area is 151 Å². The van der Waals surface area contributed by atoms with Crippen LogP contribution in [0.5, 0.6) is 5.75 Å². The number of nitrogens with zero attached hydrogens (tertiary/aromatic N) is 2. The molecule has 3 aromatic rings. The molecule has 4 nitrogen and oxygen atoms in total. The molecule has 5 heteroatoms. The zero-order chi connectivity index (χ0) is 17.6. The molecular weight excluding hydrogens is 332 g/mol. The monoisotopic (exact) mass is 352 g/mol. The van der Waals surface area contributed by atoms with Crippen LogP contribution in [0, 0.1) is 6.92 Å². The molecule has 1 heterocycles. The van der Waals surface area contributed by atoms with Gasteiger partial charge in [0.15, 0.2) is 0 Å². The third kappa shape index (κ3) is 4.67. The number of amides is 1. The van der Waals surface area contributed by atoms with Gasteiger partial charge in [0.2, 0.25) is 5.91 Å². The Bertz CT molecular complexity index is 868. The number of carbonyl (C=O) groups is 1. The zero-order valence-corrected chi connectivity index (χ0v) is 15.1. The van der Waals surface area contributed by atoms with E-state index in [1.807, 2.05) is 55.5 Å². The number of aryl methyl sites for hydroxylation is 1. The van der Waals surface area contributed by atoms with Gasteiger partial charge in [0.1, 0.15) is 17.4 Å². The molecule has 0 atom stereocenters. The fourth-order valence-corrected chi connectivity index (χ4v) is 3.22. The largest absolute Gasteiger partial charge is 0.492 e. The highest BCUT2D eigenvalue weighted by molar-refractivity contribution is 7.19. The van der Waals surface area contributed by atoms with E-state index in [9.17, 15) is 4.79 Å².